The van der Waals surface area contributed by atoms with Gasteiger partial charge in [0.15, 0.2) is 6.10 Å². The van der Waals surface area contributed by atoms with Crippen LogP contribution in [0.25, 0.3) is 5.70 Å². The largest absolute Gasteiger partial charge is 0.497 e. The molecule has 0 fully saturated rings. The van der Waals surface area contributed by atoms with Crippen molar-refractivity contribution in [3.05, 3.63) is 94.6 Å². The van der Waals surface area contributed by atoms with E-state index in [9.17, 15) is 0 Å². The van der Waals surface area contributed by atoms with Crippen LogP contribution in [0.2, 0.25) is 0 Å². The second-order valence-corrected chi connectivity index (χ2v) is 9.51. The summed E-state index contributed by atoms with van der Waals surface area (Å²) in [6, 6.07) is 22.3. The molecule has 3 heterocycles. The van der Waals surface area contributed by atoms with E-state index in [0.717, 1.165) is 39.5 Å². The maximum Gasteiger partial charge on any atom is 0.227 e. The standard InChI is InChI=1S/C28H26N4O3S/c1-16-9-11-17(12-10-16)25-23-24(29-27-30-28(36-4)31-32(25)27)19-7-5-6-8-21(19)35-26(23)20-14-13-18(33-2)15-22(20)34-3/h5-15,25-26H,1-4H3,(H,29,30,31). The van der Waals surface area contributed by atoms with Crippen LogP contribution < -0.4 is 19.5 Å². The number of aromatic nitrogens is 3. The van der Waals surface area contributed by atoms with Crippen LogP contribution >= 0.6 is 11.8 Å². The molecule has 0 aliphatic carbocycles. The molecular formula is C28H26N4O3S. The Morgan fingerprint density at radius 3 is 2.56 bits per heavy atom. The molecule has 2 aliphatic heterocycles. The maximum absolute atomic E-state index is 6.74. The van der Waals surface area contributed by atoms with Crippen LogP contribution in [-0.2, 0) is 0 Å². The number of fused-ring (bicyclic) bond motifs is 3. The van der Waals surface area contributed by atoms with Crippen molar-refractivity contribution in [3.8, 4) is 17.2 Å². The Balaban J connectivity index is 1.63. The van der Waals surface area contributed by atoms with Crippen molar-refractivity contribution in [2.45, 2.75) is 24.2 Å². The second-order valence-electron chi connectivity index (χ2n) is 8.74. The summed E-state index contributed by atoms with van der Waals surface area (Å²) in [7, 11) is 3.32. The number of thioether (sulfide) groups is 1. The van der Waals surface area contributed by atoms with E-state index in [1.807, 2.05) is 47.3 Å². The summed E-state index contributed by atoms with van der Waals surface area (Å²) >= 11 is 1.52. The zero-order valence-corrected chi connectivity index (χ0v) is 21.3. The van der Waals surface area contributed by atoms with Gasteiger partial charge in [-0.3, -0.25) is 0 Å². The van der Waals surface area contributed by atoms with Crippen molar-refractivity contribution < 1.29 is 14.2 Å². The second kappa shape index (κ2) is 8.95. The normalized spacial score (nSPS) is 17.9. The average Bonchev–Trinajstić information content (AvgIpc) is 3.34. The molecule has 6 rings (SSSR count). The van der Waals surface area contributed by atoms with Gasteiger partial charge >= 0.3 is 0 Å². The van der Waals surface area contributed by atoms with Crippen LogP contribution in [0.15, 0.2) is 77.5 Å². The molecule has 1 N–H and O–H groups in total. The predicted molar refractivity (Wildman–Crippen MR) is 141 cm³/mol. The van der Waals surface area contributed by atoms with Crippen LogP contribution in [0.4, 0.5) is 5.95 Å². The Labute approximate surface area is 214 Å². The van der Waals surface area contributed by atoms with Gasteiger partial charge in [0.25, 0.3) is 0 Å². The molecule has 3 aromatic carbocycles. The first-order chi connectivity index (χ1) is 17.6. The molecule has 0 amide bonds. The van der Waals surface area contributed by atoms with Crippen molar-refractivity contribution in [3.63, 3.8) is 0 Å². The van der Waals surface area contributed by atoms with Crippen molar-refractivity contribution >= 4 is 23.4 Å². The number of aryl methyl sites for hydroxylation is 1. The van der Waals surface area contributed by atoms with E-state index in [0.29, 0.717) is 16.9 Å². The maximum atomic E-state index is 6.74. The average molecular weight is 499 g/mol. The van der Waals surface area contributed by atoms with Crippen LogP contribution in [0.1, 0.15) is 34.4 Å². The fourth-order valence-corrected chi connectivity index (χ4v) is 5.25. The topological polar surface area (TPSA) is 70.4 Å². The van der Waals surface area contributed by atoms with Crippen LogP contribution in [0, 0.1) is 6.92 Å². The molecule has 0 radical (unpaired) electrons. The van der Waals surface area contributed by atoms with Gasteiger partial charge in [-0.1, -0.05) is 53.7 Å². The summed E-state index contributed by atoms with van der Waals surface area (Å²) in [5.74, 6) is 2.93. The fraction of sp³-hybridized carbons (Fsp3) is 0.214. The summed E-state index contributed by atoms with van der Waals surface area (Å²) < 4.78 is 20.0. The molecule has 0 saturated carbocycles. The van der Waals surface area contributed by atoms with E-state index >= 15 is 0 Å². The SMILES string of the molecule is COc1ccc(C2Oc3ccccc3C3=C2C(c2ccc(C)cc2)n2nc(SC)nc2N3)c(OC)c1. The van der Waals surface area contributed by atoms with E-state index < -0.39 is 6.10 Å². The monoisotopic (exact) mass is 498 g/mol. The minimum atomic E-state index is -0.426. The van der Waals surface area contributed by atoms with E-state index in [4.69, 9.17) is 24.3 Å². The number of benzene rings is 3. The van der Waals surface area contributed by atoms with Gasteiger partial charge < -0.3 is 19.5 Å². The quantitative estimate of drug-likeness (QED) is 0.344. The Hall–Kier alpha value is -3.91. The Morgan fingerprint density at radius 1 is 1.00 bits per heavy atom. The van der Waals surface area contributed by atoms with Crippen molar-refractivity contribution in [2.75, 3.05) is 25.8 Å². The molecule has 4 aromatic rings. The number of hydrogen-bond donors (Lipinski definition) is 1. The third kappa shape index (κ3) is 3.60. The summed E-state index contributed by atoms with van der Waals surface area (Å²) in [5, 5.41) is 9.16. The minimum absolute atomic E-state index is 0.226. The Kier molecular flexibility index (Phi) is 5.60. The van der Waals surface area contributed by atoms with Gasteiger partial charge in [-0.15, -0.1) is 5.10 Å². The highest BCUT2D eigenvalue weighted by Crippen LogP contribution is 2.52. The number of ether oxygens (including phenoxy) is 3. The van der Waals surface area contributed by atoms with Gasteiger partial charge in [-0.05, 0) is 43.0 Å². The van der Waals surface area contributed by atoms with Gasteiger partial charge in [0, 0.05) is 22.8 Å². The van der Waals surface area contributed by atoms with Crippen LogP contribution in [-0.4, -0.2) is 35.2 Å². The first-order valence-corrected chi connectivity index (χ1v) is 12.9. The van der Waals surface area contributed by atoms with Crippen LogP contribution in [0.5, 0.6) is 17.2 Å². The van der Waals surface area contributed by atoms with Crippen molar-refractivity contribution in [2.24, 2.45) is 0 Å². The zero-order chi connectivity index (χ0) is 24.8. The third-order valence-corrected chi connectivity index (χ3v) is 7.20. The van der Waals surface area contributed by atoms with E-state index in [-0.39, 0.29) is 6.04 Å². The third-order valence-electron chi connectivity index (χ3n) is 6.66. The molecule has 8 heteroatoms. The van der Waals surface area contributed by atoms with Crippen LogP contribution in [0.3, 0.4) is 0 Å². The predicted octanol–water partition coefficient (Wildman–Crippen LogP) is 5.89. The number of methoxy groups -OCH3 is 2. The number of para-hydroxylation sites is 1. The smallest absolute Gasteiger partial charge is 0.227 e. The minimum Gasteiger partial charge on any atom is -0.497 e. The van der Waals surface area contributed by atoms with Gasteiger partial charge in [0.05, 0.1) is 19.9 Å². The molecule has 2 unspecified atom stereocenters. The van der Waals surface area contributed by atoms with Gasteiger partial charge in [0.2, 0.25) is 11.1 Å². The number of anilines is 1. The highest BCUT2D eigenvalue weighted by Gasteiger charge is 2.42. The molecule has 1 aromatic heterocycles. The lowest BCUT2D eigenvalue weighted by molar-refractivity contribution is 0.217. The number of hydrogen-bond acceptors (Lipinski definition) is 7. The molecule has 2 atom stereocenters. The Bertz CT molecular complexity index is 1480. The van der Waals surface area contributed by atoms with Gasteiger partial charge in [-0.25, -0.2) is 4.68 Å². The zero-order valence-electron chi connectivity index (χ0n) is 20.5. The number of nitrogens with zero attached hydrogens (tertiary/aromatic N) is 3. The lowest BCUT2D eigenvalue weighted by Gasteiger charge is -2.39. The van der Waals surface area contributed by atoms with E-state index in [2.05, 4.69) is 42.6 Å². The van der Waals surface area contributed by atoms with Crippen molar-refractivity contribution in [1.29, 1.82) is 0 Å². The highest BCUT2D eigenvalue weighted by atomic mass is 32.2. The summed E-state index contributed by atoms with van der Waals surface area (Å²) in [6.07, 6.45) is 1.56. The molecule has 7 nitrogen and oxygen atoms in total. The molecular weight excluding hydrogens is 472 g/mol. The molecule has 0 bridgehead atoms. The molecule has 0 saturated heterocycles. The molecule has 182 valence electrons. The summed E-state index contributed by atoms with van der Waals surface area (Å²) in [6.45, 7) is 2.09. The number of nitrogens with one attached hydrogen (secondary N) is 1. The Morgan fingerprint density at radius 2 is 1.81 bits per heavy atom. The molecule has 36 heavy (non-hydrogen) atoms. The number of rotatable bonds is 5. The summed E-state index contributed by atoms with van der Waals surface area (Å²) in [4.78, 5) is 4.77. The first-order valence-electron chi connectivity index (χ1n) is 11.7. The van der Waals surface area contributed by atoms with E-state index in [1.165, 1.54) is 17.3 Å². The molecule has 0 spiro atoms. The highest BCUT2D eigenvalue weighted by molar-refractivity contribution is 7.98. The molecule has 2 aliphatic rings. The lowest BCUT2D eigenvalue weighted by Crippen LogP contribution is -2.32. The van der Waals surface area contributed by atoms with Gasteiger partial charge in [-0.2, -0.15) is 4.98 Å². The first kappa shape index (κ1) is 22.5. The lowest BCUT2D eigenvalue weighted by atomic mass is 9.84. The van der Waals surface area contributed by atoms with Crippen molar-refractivity contribution in [1.82, 2.24) is 14.8 Å². The van der Waals surface area contributed by atoms with E-state index in [1.54, 1.807) is 14.2 Å². The van der Waals surface area contributed by atoms with Gasteiger partial charge in [0.1, 0.15) is 23.3 Å². The fourth-order valence-electron chi connectivity index (χ4n) is 4.91. The summed E-state index contributed by atoms with van der Waals surface area (Å²) in [5.41, 5.74) is 6.24.